The highest BCUT2D eigenvalue weighted by Crippen LogP contribution is 2.15. The Morgan fingerprint density at radius 2 is 2.19 bits per heavy atom. The molecule has 1 aromatic heterocycles. The molecule has 84 valence electrons. The molecule has 0 fully saturated rings. The van der Waals surface area contributed by atoms with Crippen molar-refractivity contribution < 1.29 is 4.79 Å². The van der Waals surface area contributed by atoms with Gasteiger partial charge in [-0.1, -0.05) is 13.8 Å². The van der Waals surface area contributed by atoms with Crippen molar-refractivity contribution in [2.75, 3.05) is 0 Å². The van der Waals surface area contributed by atoms with E-state index in [4.69, 9.17) is 0 Å². The third-order valence-electron chi connectivity index (χ3n) is 2.38. The van der Waals surface area contributed by atoms with E-state index in [9.17, 15) is 4.79 Å². The lowest BCUT2D eigenvalue weighted by Crippen LogP contribution is -2.31. The topological polar surface area (TPSA) is 54.4 Å². The minimum absolute atomic E-state index is 0.0466. The van der Waals surface area contributed by atoms with Crippen molar-refractivity contribution in [3.8, 4) is 0 Å². The second kappa shape index (κ2) is 4.33. The predicted molar refractivity (Wildman–Crippen MR) is 65.2 cm³/mol. The molecule has 0 spiro atoms. The minimum atomic E-state index is -0.291. The second-order valence-corrected chi connectivity index (χ2v) is 4.93. The fourth-order valence-electron chi connectivity index (χ4n) is 1.52. The Hall–Kier alpha value is -1.23. The van der Waals surface area contributed by atoms with Crippen LogP contribution in [0.25, 0.3) is 0 Å². The maximum absolute atomic E-state index is 11.6. The summed E-state index contributed by atoms with van der Waals surface area (Å²) in [6, 6.07) is 3.41. The number of nitrogens with one attached hydrogen (secondary N) is 1. The van der Waals surface area contributed by atoms with Gasteiger partial charge in [0.05, 0.1) is 0 Å². The van der Waals surface area contributed by atoms with Crippen LogP contribution in [0.1, 0.15) is 19.5 Å². The van der Waals surface area contributed by atoms with E-state index < -0.39 is 0 Å². The minimum Gasteiger partial charge on any atom is -0.307 e. The molecule has 1 unspecified atom stereocenters. The Morgan fingerprint density at radius 3 is 2.69 bits per heavy atom. The molecule has 0 aliphatic carbocycles. The molecule has 1 N–H and O–H groups in total. The molecule has 1 aliphatic rings. The van der Waals surface area contributed by atoms with Crippen LogP contribution in [0, 0.1) is 5.92 Å². The van der Waals surface area contributed by atoms with E-state index in [1.54, 1.807) is 6.20 Å². The van der Waals surface area contributed by atoms with Crippen LogP contribution in [-0.4, -0.2) is 22.8 Å². The van der Waals surface area contributed by atoms with Gasteiger partial charge in [0.1, 0.15) is 11.7 Å². The summed E-state index contributed by atoms with van der Waals surface area (Å²) in [6.07, 6.45) is 1.69. The zero-order valence-electron chi connectivity index (χ0n) is 9.07. The predicted octanol–water partition coefficient (Wildman–Crippen LogP) is 1.75. The van der Waals surface area contributed by atoms with Crippen molar-refractivity contribution in [3.63, 3.8) is 0 Å². The van der Waals surface area contributed by atoms with Gasteiger partial charge in [0.15, 0.2) is 5.84 Å². The molecule has 2 heterocycles. The Labute approximate surface area is 102 Å². The first-order valence-corrected chi connectivity index (χ1v) is 5.88. The standard InChI is InChI=1S/C11H12BrN3O/c1-6(2)9-11(16)15-10(14-9)8-4-3-7(12)5-13-8/h3-6,9H,1-2H3,(H,14,15,16). The number of carbonyl (C=O) groups excluding carboxylic acids is 1. The monoisotopic (exact) mass is 281 g/mol. The molecule has 16 heavy (non-hydrogen) atoms. The van der Waals surface area contributed by atoms with Gasteiger partial charge in [0.25, 0.3) is 5.91 Å². The molecule has 0 saturated heterocycles. The van der Waals surface area contributed by atoms with Gasteiger partial charge in [0, 0.05) is 10.7 Å². The average molecular weight is 282 g/mol. The lowest BCUT2D eigenvalue weighted by Gasteiger charge is -2.06. The highest BCUT2D eigenvalue weighted by Gasteiger charge is 2.29. The zero-order chi connectivity index (χ0) is 11.7. The molecule has 2 rings (SSSR count). The molecule has 5 heteroatoms. The fourth-order valence-corrected chi connectivity index (χ4v) is 1.75. The maximum atomic E-state index is 11.6. The number of amidine groups is 1. The average Bonchev–Trinajstić information content (AvgIpc) is 2.61. The van der Waals surface area contributed by atoms with E-state index >= 15 is 0 Å². The van der Waals surface area contributed by atoms with E-state index in [1.165, 1.54) is 0 Å². The number of rotatable bonds is 2. The van der Waals surface area contributed by atoms with E-state index in [1.807, 2.05) is 26.0 Å². The molecule has 1 aromatic rings. The summed E-state index contributed by atoms with van der Waals surface area (Å²) in [6.45, 7) is 3.96. The number of halogens is 1. The van der Waals surface area contributed by atoms with Gasteiger partial charge in [-0.3, -0.25) is 14.8 Å². The van der Waals surface area contributed by atoms with E-state index in [0.717, 1.165) is 4.47 Å². The summed E-state index contributed by atoms with van der Waals surface area (Å²) < 4.78 is 0.904. The lowest BCUT2D eigenvalue weighted by atomic mass is 10.1. The molecular weight excluding hydrogens is 270 g/mol. The summed E-state index contributed by atoms with van der Waals surface area (Å²) in [4.78, 5) is 20.1. The van der Waals surface area contributed by atoms with Gasteiger partial charge < -0.3 is 5.32 Å². The van der Waals surface area contributed by atoms with Gasteiger partial charge in [-0.05, 0) is 34.0 Å². The molecular formula is C11H12BrN3O. The molecule has 0 saturated carbocycles. The number of pyridine rings is 1. The van der Waals surface area contributed by atoms with Gasteiger partial charge in [-0.2, -0.15) is 0 Å². The third-order valence-corrected chi connectivity index (χ3v) is 2.85. The van der Waals surface area contributed by atoms with Crippen LogP contribution in [0.5, 0.6) is 0 Å². The number of carbonyl (C=O) groups is 1. The Bertz CT molecular complexity index is 439. The maximum Gasteiger partial charge on any atom is 0.250 e. The quantitative estimate of drug-likeness (QED) is 0.898. The summed E-state index contributed by atoms with van der Waals surface area (Å²) >= 11 is 3.31. The number of aromatic nitrogens is 1. The number of nitrogens with zero attached hydrogens (tertiary/aromatic N) is 2. The number of hydrogen-bond acceptors (Lipinski definition) is 3. The summed E-state index contributed by atoms with van der Waals surface area (Å²) in [5.41, 5.74) is 0.694. The van der Waals surface area contributed by atoms with Crippen molar-refractivity contribution in [1.29, 1.82) is 0 Å². The van der Waals surface area contributed by atoms with Crippen LogP contribution in [0.2, 0.25) is 0 Å². The van der Waals surface area contributed by atoms with Gasteiger partial charge in [-0.25, -0.2) is 0 Å². The van der Waals surface area contributed by atoms with Gasteiger partial charge >= 0.3 is 0 Å². The number of amides is 1. The number of hydrogen-bond donors (Lipinski definition) is 1. The van der Waals surface area contributed by atoms with E-state index in [0.29, 0.717) is 11.5 Å². The van der Waals surface area contributed by atoms with Crippen molar-refractivity contribution in [2.45, 2.75) is 19.9 Å². The van der Waals surface area contributed by atoms with Crippen molar-refractivity contribution in [1.82, 2.24) is 10.3 Å². The first-order chi connectivity index (χ1) is 7.58. The van der Waals surface area contributed by atoms with Crippen molar-refractivity contribution in [3.05, 3.63) is 28.5 Å². The Balaban J connectivity index is 2.27. The summed E-state index contributed by atoms with van der Waals surface area (Å²) in [7, 11) is 0. The van der Waals surface area contributed by atoms with Gasteiger partial charge in [0.2, 0.25) is 0 Å². The molecule has 4 nitrogen and oxygen atoms in total. The number of aliphatic imine (C=N–C) groups is 1. The van der Waals surface area contributed by atoms with Crippen LogP contribution >= 0.6 is 15.9 Å². The first kappa shape index (κ1) is 11.3. The zero-order valence-corrected chi connectivity index (χ0v) is 10.7. The van der Waals surface area contributed by atoms with Crippen LogP contribution in [0.15, 0.2) is 27.8 Å². The summed E-state index contributed by atoms with van der Waals surface area (Å²) in [5, 5.41) is 2.75. The largest absolute Gasteiger partial charge is 0.307 e. The first-order valence-electron chi connectivity index (χ1n) is 5.08. The molecule has 1 aliphatic heterocycles. The third kappa shape index (κ3) is 2.14. The van der Waals surface area contributed by atoms with Crippen molar-refractivity contribution in [2.24, 2.45) is 10.9 Å². The van der Waals surface area contributed by atoms with Gasteiger partial charge in [-0.15, -0.1) is 0 Å². The molecule has 0 radical (unpaired) electrons. The van der Waals surface area contributed by atoms with Crippen molar-refractivity contribution >= 4 is 27.7 Å². The highest BCUT2D eigenvalue weighted by atomic mass is 79.9. The molecule has 0 aromatic carbocycles. The second-order valence-electron chi connectivity index (χ2n) is 4.02. The van der Waals surface area contributed by atoms with Crippen LogP contribution in [0.4, 0.5) is 0 Å². The van der Waals surface area contributed by atoms with E-state index in [2.05, 4.69) is 31.2 Å². The van der Waals surface area contributed by atoms with Crippen LogP contribution < -0.4 is 5.32 Å². The molecule has 1 amide bonds. The van der Waals surface area contributed by atoms with E-state index in [-0.39, 0.29) is 17.9 Å². The highest BCUT2D eigenvalue weighted by molar-refractivity contribution is 9.10. The normalized spacial score (nSPS) is 19.9. The summed E-state index contributed by atoms with van der Waals surface area (Å²) in [5.74, 6) is 0.721. The lowest BCUT2D eigenvalue weighted by molar-refractivity contribution is -0.120. The molecule has 1 atom stereocenters. The van der Waals surface area contributed by atoms with Crippen LogP contribution in [-0.2, 0) is 4.79 Å². The Morgan fingerprint density at radius 1 is 1.44 bits per heavy atom. The van der Waals surface area contributed by atoms with Crippen LogP contribution in [0.3, 0.4) is 0 Å². The Kier molecular flexibility index (Phi) is 3.05. The molecule has 0 bridgehead atoms. The smallest absolute Gasteiger partial charge is 0.250 e. The fraction of sp³-hybridized carbons (Fsp3) is 0.364. The SMILES string of the molecule is CC(C)C1N=C(c2ccc(Br)cn2)NC1=O.